The maximum absolute atomic E-state index is 13.8. The van der Waals surface area contributed by atoms with Gasteiger partial charge in [0, 0.05) is 37.1 Å². The van der Waals surface area contributed by atoms with E-state index in [1.807, 2.05) is 6.07 Å². The highest BCUT2D eigenvalue weighted by Crippen LogP contribution is 2.35. The number of ether oxygens (including phenoxy) is 3. The van der Waals surface area contributed by atoms with Crippen LogP contribution in [0.4, 0.5) is 15.9 Å². The standard InChI is InChI=1S/C25H26FN5O4/c26-18-3-1-4-19(14-18)29-24-20(25(32)27-7-2-8-31-9-11-33-12-10-31)15-28-23(30-24)17-5-6-21-22(13-17)35-16-34-21/h1,3-6,13-15H,2,7-12,16H2,(H,27,32)(H,28,29,30). The van der Waals surface area contributed by atoms with Gasteiger partial charge in [-0.15, -0.1) is 0 Å². The number of morpholine rings is 1. The molecule has 1 saturated heterocycles. The fraction of sp³-hybridized carbons (Fsp3) is 0.320. The number of halogens is 1. The first-order valence-corrected chi connectivity index (χ1v) is 11.5. The lowest BCUT2D eigenvalue weighted by Gasteiger charge is -2.26. The number of anilines is 2. The third kappa shape index (κ3) is 5.67. The number of benzene rings is 2. The molecule has 3 aromatic rings. The number of amides is 1. The summed E-state index contributed by atoms with van der Waals surface area (Å²) in [5, 5.41) is 6.01. The summed E-state index contributed by atoms with van der Waals surface area (Å²) in [5.74, 6) is 1.24. The van der Waals surface area contributed by atoms with E-state index in [1.54, 1.807) is 24.3 Å². The minimum atomic E-state index is -0.394. The van der Waals surface area contributed by atoms with Crippen LogP contribution in [0, 0.1) is 5.82 Å². The maximum Gasteiger partial charge on any atom is 0.256 e. The lowest BCUT2D eigenvalue weighted by molar-refractivity contribution is 0.0374. The molecule has 3 heterocycles. The fourth-order valence-corrected chi connectivity index (χ4v) is 3.95. The van der Waals surface area contributed by atoms with Gasteiger partial charge in [-0.25, -0.2) is 14.4 Å². The molecule has 0 radical (unpaired) electrons. The van der Waals surface area contributed by atoms with Crippen molar-refractivity contribution in [2.24, 2.45) is 0 Å². The Balaban J connectivity index is 1.34. The van der Waals surface area contributed by atoms with Crippen LogP contribution in [0.25, 0.3) is 11.4 Å². The molecule has 10 heteroatoms. The first kappa shape index (κ1) is 23.0. The van der Waals surface area contributed by atoms with Crippen LogP contribution in [0.5, 0.6) is 11.5 Å². The summed E-state index contributed by atoms with van der Waals surface area (Å²) in [6.45, 7) is 4.87. The number of aromatic nitrogens is 2. The molecule has 1 fully saturated rings. The molecule has 2 aliphatic rings. The van der Waals surface area contributed by atoms with Crippen LogP contribution < -0.4 is 20.1 Å². The Hall–Kier alpha value is -3.76. The van der Waals surface area contributed by atoms with Crippen molar-refractivity contribution in [2.45, 2.75) is 6.42 Å². The van der Waals surface area contributed by atoms with Crippen LogP contribution in [-0.4, -0.2) is 67.0 Å². The highest BCUT2D eigenvalue weighted by Gasteiger charge is 2.19. The van der Waals surface area contributed by atoms with Gasteiger partial charge in [0.05, 0.1) is 13.2 Å². The number of nitrogens with zero attached hydrogens (tertiary/aromatic N) is 3. The molecule has 2 aromatic carbocycles. The number of rotatable bonds is 8. The summed E-state index contributed by atoms with van der Waals surface area (Å²) in [4.78, 5) is 24.3. The molecule has 35 heavy (non-hydrogen) atoms. The lowest BCUT2D eigenvalue weighted by atomic mass is 10.1. The minimum Gasteiger partial charge on any atom is -0.454 e. The van der Waals surface area contributed by atoms with Crippen molar-refractivity contribution in [3.63, 3.8) is 0 Å². The van der Waals surface area contributed by atoms with Crippen molar-refractivity contribution in [3.05, 3.63) is 60.0 Å². The summed E-state index contributed by atoms with van der Waals surface area (Å²) in [6.07, 6.45) is 2.29. The van der Waals surface area contributed by atoms with Gasteiger partial charge in [-0.1, -0.05) is 6.07 Å². The average molecular weight is 480 g/mol. The number of hydrogen-bond donors (Lipinski definition) is 2. The van der Waals surface area contributed by atoms with Crippen LogP contribution >= 0.6 is 0 Å². The normalized spacial score (nSPS) is 15.1. The second-order valence-electron chi connectivity index (χ2n) is 8.22. The summed E-state index contributed by atoms with van der Waals surface area (Å²) in [7, 11) is 0. The van der Waals surface area contributed by atoms with E-state index < -0.39 is 5.82 Å². The van der Waals surface area contributed by atoms with E-state index in [0.29, 0.717) is 35.1 Å². The van der Waals surface area contributed by atoms with Gasteiger partial charge in [0.1, 0.15) is 17.2 Å². The van der Waals surface area contributed by atoms with Crippen LogP contribution in [0.15, 0.2) is 48.7 Å². The Morgan fingerprint density at radius 2 is 1.94 bits per heavy atom. The Bertz CT molecular complexity index is 1200. The molecule has 2 N–H and O–H groups in total. The molecule has 1 amide bonds. The maximum atomic E-state index is 13.8. The first-order valence-electron chi connectivity index (χ1n) is 11.5. The van der Waals surface area contributed by atoms with Gasteiger partial charge in [-0.2, -0.15) is 0 Å². The number of fused-ring (bicyclic) bond motifs is 1. The van der Waals surface area contributed by atoms with E-state index in [4.69, 9.17) is 14.2 Å². The molecule has 0 atom stereocenters. The topological polar surface area (TPSA) is 97.8 Å². The van der Waals surface area contributed by atoms with E-state index in [1.165, 1.54) is 18.3 Å². The average Bonchev–Trinajstić information content (AvgIpc) is 3.35. The summed E-state index contributed by atoms with van der Waals surface area (Å²) in [6, 6.07) is 11.4. The molecule has 0 spiro atoms. The number of nitrogens with one attached hydrogen (secondary N) is 2. The van der Waals surface area contributed by atoms with Crippen LogP contribution in [0.1, 0.15) is 16.8 Å². The van der Waals surface area contributed by atoms with Gasteiger partial charge in [-0.05, 0) is 49.4 Å². The van der Waals surface area contributed by atoms with Gasteiger partial charge in [0.15, 0.2) is 17.3 Å². The Morgan fingerprint density at radius 1 is 1.09 bits per heavy atom. The Morgan fingerprint density at radius 3 is 2.80 bits per heavy atom. The molecule has 0 aliphatic carbocycles. The Kier molecular flexibility index (Phi) is 7.01. The molecule has 0 bridgehead atoms. The molecule has 182 valence electrons. The van der Waals surface area contributed by atoms with Crippen LogP contribution in [-0.2, 0) is 4.74 Å². The van der Waals surface area contributed by atoms with E-state index in [-0.39, 0.29) is 24.1 Å². The van der Waals surface area contributed by atoms with Crippen LogP contribution in [0.3, 0.4) is 0 Å². The molecule has 5 rings (SSSR count). The lowest BCUT2D eigenvalue weighted by Crippen LogP contribution is -2.38. The summed E-state index contributed by atoms with van der Waals surface area (Å²) >= 11 is 0. The number of carbonyl (C=O) groups is 1. The third-order valence-electron chi connectivity index (χ3n) is 5.79. The highest BCUT2D eigenvalue weighted by molar-refractivity contribution is 5.99. The third-order valence-corrected chi connectivity index (χ3v) is 5.79. The predicted molar refractivity (Wildman–Crippen MR) is 127 cm³/mol. The van der Waals surface area contributed by atoms with Crippen molar-refractivity contribution < 1.29 is 23.4 Å². The molecule has 1 aromatic heterocycles. The zero-order valence-corrected chi connectivity index (χ0v) is 19.1. The Labute approximate surface area is 202 Å². The van der Waals surface area contributed by atoms with Crippen molar-refractivity contribution >= 4 is 17.4 Å². The molecule has 0 unspecified atom stereocenters. The van der Waals surface area contributed by atoms with Gasteiger partial charge in [-0.3, -0.25) is 9.69 Å². The van der Waals surface area contributed by atoms with E-state index in [0.717, 1.165) is 39.3 Å². The van der Waals surface area contributed by atoms with Crippen LogP contribution in [0.2, 0.25) is 0 Å². The van der Waals surface area contributed by atoms with E-state index in [2.05, 4.69) is 25.5 Å². The summed E-state index contributed by atoms with van der Waals surface area (Å²) in [5.41, 5.74) is 1.45. The van der Waals surface area contributed by atoms with E-state index >= 15 is 0 Å². The molecule has 2 aliphatic heterocycles. The smallest absolute Gasteiger partial charge is 0.256 e. The highest BCUT2D eigenvalue weighted by atomic mass is 19.1. The van der Waals surface area contributed by atoms with Gasteiger partial charge >= 0.3 is 0 Å². The van der Waals surface area contributed by atoms with Crippen molar-refractivity contribution in [1.29, 1.82) is 0 Å². The first-order chi connectivity index (χ1) is 17.2. The number of carbonyl (C=O) groups excluding carboxylic acids is 1. The quantitative estimate of drug-likeness (QED) is 0.476. The monoisotopic (exact) mass is 479 g/mol. The minimum absolute atomic E-state index is 0.163. The van der Waals surface area contributed by atoms with E-state index in [9.17, 15) is 9.18 Å². The SMILES string of the molecule is O=C(NCCCN1CCOCC1)c1cnc(-c2ccc3c(c2)OCO3)nc1Nc1cccc(F)c1. The largest absolute Gasteiger partial charge is 0.454 e. The molecular formula is C25H26FN5O4. The van der Waals surface area contributed by atoms with Gasteiger partial charge in [0.25, 0.3) is 5.91 Å². The number of hydrogen-bond acceptors (Lipinski definition) is 8. The zero-order chi connectivity index (χ0) is 24.0. The second-order valence-corrected chi connectivity index (χ2v) is 8.22. The fourth-order valence-electron chi connectivity index (χ4n) is 3.95. The van der Waals surface area contributed by atoms with Gasteiger partial charge < -0.3 is 24.8 Å². The molecule has 9 nitrogen and oxygen atoms in total. The van der Waals surface area contributed by atoms with Crippen molar-refractivity contribution in [2.75, 3.05) is 51.5 Å². The van der Waals surface area contributed by atoms with Crippen molar-refractivity contribution in [1.82, 2.24) is 20.2 Å². The van der Waals surface area contributed by atoms with Crippen molar-refractivity contribution in [3.8, 4) is 22.9 Å². The molecule has 0 saturated carbocycles. The molecular weight excluding hydrogens is 453 g/mol. The summed E-state index contributed by atoms with van der Waals surface area (Å²) < 4.78 is 30.0. The predicted octanol–water partition coefficient (Wildman–Crippen LogP) is 3.21. The second kappa shape index (κ2) is 10.7. The van der Waals surface area contributed by atoms with Gasteiger partial charge in [0.2, 0.25) is 6.79 Å². The zero-order valence-electron chi connectivity index (χ0n) is 19.1.